The fourth-order valence-corrected chi connectivity index (χ4v) is 1.47. The first-order chi connectivity index (χ1) is 6.68. The van der Waals surface area contributed by atoms with Crippen molar-refractivity contribution >= 4 is 0 Å². The monoisotopic (exact) mass is 191 g/mol. The Hall–Kier alpha value is -1.59. The number of nitrogens with one attached hydrogen (secondary N) is 2. The fourth-order valence-electron chi connectivity index (χ4n) is 1.47. The van der Waals surface area contributed by atoms with Gasteiger partial charge in [0.15, 0.2) is 0 Å². The highest BCUT2D eigenvalue weighted by molar-refractivity contribution is 5.21. The number of hydrogen-bond donors (Lipinski definition) is 4. The molecule has 1 aromatic rings. The molecule has 0 fully saturated rings. The Bertz CT molecular complexity index is 347. The minimum atomic E-state index is -0.606. The van der Waals surface area contributed by atoms with E-state index in [1.54, 1.807) is 18.5 Å². The molecule has 0 saturated heterocycles. The second kappa shape index (κ2) is 3.28. The summed E-state index contributed by atoms with van der Waals surface area (Å²) in [4.78, 5) is 3.94. The third-order valence-corrected chi connectivity index (χ3v) is 2.10. The van der Waals surface area contributed by atoms with Crippen LogP contribution in [0.5, 0.6) is 0 Å². The van der Waals surface area contributed by atoms with Crippen LogP contribution in [-0.4, -0.2) is 10.6 Å². The van der Waals surface area contributed by atoms with E-state index in [0.717, 1.165) is 5.56 Å². The highest BCUT2D eigenvalue weighted by atomic mass is 15.5. The molecule has 0 radical (unpaired) electrons. The van der Waals surface area contributed by atoms with Gasteiger partial charge in [-0.1, -0.05) is 0 Å². The average molecular weight is 191 g/mol. The molecule has 0 aliphatic carbocycles. The van der Waals surface area contributed by atoms with Crippen LogP contribution in [-0.2, 0) is 6.42 Å². The lowest BCUT2D eigenvalue weighted by Gasteiger charge is -2.21. The van der Waals surface area contributed by atoms with Crippen LogP contribution in [0, 0.1) is 0 Å². The maximum absolute atomic E-state index is 6.03. The quantitative estimate of drug-likeness (QED) is 0.491. The second-order valence-corrected chi connectivity index (χ2v) is 3.42. The molecule has 0 spiro atoms. The number of hydrazine groups is 1. The molecule has 1 unspecified atom stereocenters. The summed E-state index contributed by atoms with van der Waals surface area (Å²) in [5, 5.41) is 0. The zero-order valence-electron chi connectivity index (χ0n) is 7.70. The predicted octanol–water partition coefficient (Wildman–Crippen LogP) is -0.813. The number of nitrogens with zero attached hydrogens (tertiary/aromatic N) is 1. The van der Waals surface area contributed by atoms with Crippen LogP contribution in [0.1, 0.15) is 5.56 Å². The molecule has 0 bridgehead atoms. The fraction of sp³-hybridized carbons (Fsp3) is 0.222. The highest BCUT2D eigenvalue weighted by Crippen LogP contribution is 2.12. The summed E-state index contributed by atoms with van der Waals surface area (Å²) >= 11 is 0. The maximum Gasteiger partial charge on any atom is 0.110 e. The predicted molar refractivity (Wildman–Crippen MR) is 53.4 cm³/mol. The Morgan fingerprint density at radius 3 is 2.64 bits per heavy atom. The first kappa shape index (κ1) is 8.98. The smallest absolute Gasteiger partial charge is 0.110 e. The molecule has 0 aromatic carbocycles. The molecule has 0 amide bonds. The number of hydrogen-bond acceptors (Lipinski definition) is 5. The Labute approximate surface area is 82.2 Å². The van der Waals surface area contributed by atoms with Crippen molar-refractivity contribution in [2.45, 2.75) is 12.1 Å². The van der Waals surface area contributed by atoms with Crippen LogP contribution >= 0.6 is 0 Å². The SMILES string of the molecule is NC1=CC(N)(Cc2ccncc2)NN1. The van der Waals surface area contributed by atoms with Gasteiger partial charge < -0.3 is 16.9 Å². The zero-order chi connectivity index (χ0) is 10.0. The van der Waals surface area contributed by atoms with Crippen LogP contribution < -0.4 is 22.3 Å². The first-order valence-corrected chi connectivity index (χ1v) is 4.37. The summed E-state index contributed by atoms with van der Waals surface area (Å²) in [5.74, 6) is 0.557. The average Bonchev–Trinajstić information content (AvgIpc) is 2.47. The molecule has 5 nitrogen and oxygen atoms in total. The van der Waals surface area contributed by atoms with E-state index in [2.05, 4.69) is 15.8 Å². The number of pyridine rings is 1. The molecule has 5 heteroatoms. The Morgan fingerprint density at radius 1 is 1.36 bits per heavy atom. The van der Waals surface area contributed by atoms with Crippen molar-refractivity contribution in [2.75, 3.05) is 0 Å². The lowest BCUT2D eigenvalue weighted by Crippen LogP contribution is -2.54. The summed E-state index contributed by atoms with van der Waals surface area (Å²) in [6.07, 6.45) is 5.93. The van der Waals surface area contributed by atoms with Gasteiger partial charge in [-0.2, -0.15) is 0 Å². The first-order valence-electron chi connectivity index (χ1n) is 4.37. The largest absolute Gasteiger partial charge is 0.385 e. The van der Waals surface area contributed by atoms with Gasteiger partial charge in [-0.15, -0.1) is 0 Å². The Morgan fingerprint density at radius 2 is 2.07 bits per heavy atom. The van der Waals surface area contributed by atoms with Gasteiger partial charge in [0.1, 0.15) is 11.5 Å². The van der Waals surface area contributed by atoms with E-state index in [4.69, 9.17) is 11.5 Å². The topological polar surface area (TPSA) is 89.0 Å². The van der Waals surface area contributed by atoms with Gasteiger partial charge in [-0.05, 0) is 23.8 Å². The molecule has 0 saturated carbocycles. The van der Waals surface area contributed by atoms with E-state index in [0.29, 0.717) is 12.2 Å². The van der Waals surface area contributed by atoms with Gasteiger partial charge in [-0.25, -0.2) is 5.43 Å². The molecule has 1 aromatic heterocycles. The van der Waals surface area contributed by atoms with Gasteiger partial charge in [0.05, 0.1) is 0 Å². The molecule has 6 N–H and O–H groups in total. The molecule has 2 heterocycles. The Balaban J connectivity index is 2.12. The Kier molecular flexibility index (Phi) is 2.11. The van der Waals surface area contributed by atoms with Crippen LogP contribution in [0.4, 0.5) is 0 Å². The van der Waals surface area contributed by atoms with Crippen molar-refractivity contribution < 1.29 is 0 Å². The van der Waals surface area contributed by atoms with Crippen LogP contribution in [0.2, 0.25) is 0 Å². The molecule has 1 atom stereocenters. The number of rotatable bonds is 2. The van der Waals surface area contributed by atoms with Crippen molar-refractivity contribution in [1.82, 2.24) is 15.8 Å². The van der Waals surface area contributed by atoms with E-state index in [1.165, 1.54) is 0 Å². The van der Waals surface area contributed by atoms with Gasteiger partial charge in [-0.3, -0.25) is 4.98 Å². The normalized spacial score (nSPS) is 25.6. The zero-order valence-corrected chi connectivity index (χ0v) is 7.70. The van der Waals surface area contributed by atoms with Crippen molar-refractivity contribution in [3.05, 3.63) is 42.0 Å². The van der Waals surface area contributed by atoms with Crippen molar-refractivity contribution in [3.8, 4) is 0 Å². The summed E-state index contributed by atoms with van der Waals surface area (Å²) in [7, 11) is 0. The second-order valence-electron chi connectivity index (χ2n) is 3.42. The molecule has 14 heavy (non-hydrogen) atoms. The van der Waals surface area contributed by atoms with Gasteiger partial charge in [0.2, 0.25) is 0 Å². The van der Waals surface area contributed by atoms with Gasteiger partial charge >= 0.3 is 0 Å². The maximum atomic E-state index is 6.03. The molecule has 1 aliphatic rings. The summed E-state index contributed by atoms with van der Waals surface area (Å²) in [6, 6.07) is 3.86. The van der Waals surface area contributed by atoms with E-state index in [9.17, 15) is 0 Å². The molecule has 1 aliphatic heterocycles. The molecular weight excluding hydrogens is 178 g/mol. The summed E-state index contributed by atoms with van der Waals surface area (Å²) in [5.41, 5.74) is 17.8. The van der Waals surface area contributed by atoms with Gasteiger partial charge in [0, 0.05) is 18.8 Å². The summed E-state index contributed by atoms with van der Waals surface area (Å²) in [6.45, 7) is 0. The number of aromatic nitrogens is 1. The number of nitrogens with two attached hydrogens (primary N) is 2. The standard InChI is InChI=1S/C9H13N5/c10-8-6-9(11,14-13-8)5-7-1-3-12-4-2-7/h1-4,6,13-14H,5,10-11H2. The third-order valence-electron chi connectivity index (χ3n) is 2.10. The lowest BCUT2D eigenvalue weighted by molar-refractivity contribution is 0.409. The minimum Gasteiger partial charge on any atom is -0.385 e. The van der Waals surface area contributed by atoms with E-state index in [-0.39, 0.29) is 0 Å². The van der Waals surface area contributed by atoms with Crippen molar-refractivity contribution in [3.63, 3.8) is 0 Å². The van der Waals surface area contributed by atoms with E-state index >= 15 is 0 Å². The minimum absolute atomic E-state index is 0.557. The van der Waals surface area contributed by atoms with E-state index in [1.807, 2.05) is 12.1 Å². The van der Waals surface area contributed by atoms with Crippen LogP contribution in [0.25, 0.3) is 0 Å². The summed E-state index contributed by atoms with van der Waals surface area (Å²) < 4.78 is 0. The molecular formula is C9H13N5. The highest BCUT2D eigenvalue weighted by Gasteiger charge is 2.27. The van der Waals surface area contributed by atoms with Gasteiger partial charge in [0.25, 0.3) is 0 Å². The molecule has 74 valence electrons. The van der Waals surface area contributed by atoms with Crippen molar-refractivity contribution in [1.29, 1.82) is 0 Å². The van der Waals surface area contributed by atoms with E-state index < -0.39 is 5.66 Å². The van der Waals surface area contributed by atoms with Crippen molar-refractivity contribution in [2.24, 2.45) is 11.5 Å². The molecule has 2 rings (SSSR count). The van der Waals surface area contributed by atoms with Crippen LogP contribution in [0.3, 0.4) is 0 Å². The lowest BCUT2D eigenvalue weighted by atomic mass is 10.0. The van der Waals surface area contributed by atoms with Crippen LogP contribution in [0.15, 0.2) is 36.4 Å². The third kappa shape index (κ3) is 1.84.